The lowest BCUT2D eigenvalue weighted by molar-refractivity contribution is 0.368. The molecule has 0 fully saturated rings. The first kappa shape index (κ1) is 63.6. The van der Waals surface area contributed by atoms with Crippen molar-refractivity contribution in [1.29, 1.82) is 0 Å². The zero-order valence-electron chi connectivity index (χ0n) is 59.3. The van der Waals surface area contributed by atoms with Crippen molar-refractivity contribution in [3.8, 4) is 44.5 Å². The Labute approximate surface area is 568 Å². The molecule has 0 bridgehead atoms. The van der Waals surface area contributed by atoms with Gasteiger partial charge in [-0.25, -0.2) is 0 Å². The van der Waals surface area contributed by atoms with Gasteiger partial charge in [0, 0.05) is 54.7 Å². The molecule has 2 nitrogen and oxygen atoms in total. The Morgan fingerprint density at radius 2 is 0.779 bits per heavy atom. The minimum absolute atomic E-state index is 0.00391. The van der Waals surface area contributed by atoms with Crippen molar-refractivity contribution < 1.29 is 8.83 Å². The Morgan fingerprint density at radius 1 is 0.316 bits per heavy atom. The van der Waals surface area contributed by atoms with E-state index in [1.807, 2.05) is 0 Å². The maximum absolute atomic E-state index is 7.63. The summed E-state index contributed by atoms with van der Waals surface area (Å²) < 4.78 is 14.2. The van der Waals surface area contributed by atoms with Gasteiger partial charge in [-0.1, -0.05) is 316 Å². The SMILES string of the molecule is CCCCCCCC1(CCCCCCC)c2cc(C(c3cc(C)cc(C)c3)c3ccc4c(c3)C(C)(C)c3cc5c(cc3-4)C(C)(C)c3ccc4oc6ccccc6c4c3-5)ccc2-c2c1c1c(c3c2oc2ccccc23)-c2ccccc2C1(CCCCCCC)CCCCCCC. The number of aryl methyl sites for hydroxylation is 2. The largest absolute Gasteiger partial charge is 0.456 e. The number of benzene rings is 9. The first-order valence-electron chi connectivity index (χ1n) is 37.9. The van der Waals surface area contributed by atoms with E-state index in [-0.39, 0.29) is 27.6 Å². The lowest BCUT2D eigenvalue weighted by Gasteiger charge is -2.40. The fourth-order valence-corrected chi connectivity index (χ4v) is 19.8. The lowest BCUT2D eigenvalue weighted by atomic mass is 9.62. The summed E-state index contributed by atoms with van der Waals surface area (Å²) >= 11 is 0. The zero-order chi connectivity index (χ0) is 65.4. The highest BCUT2D eigenvalue weighted by atomic mass is 16.3. The first-order valence-corrected chi connectivity index (χ1v) is 37.9. The van der Waals surface area contributed by atoms with Crippen molar-refractivity contribution in [2.45, 2.75) is 251 Å². The predicted octanol–water partition coefficient (Wildman–Crippen LogP) is 27.9. The maximum Gasteiger partial charge on any atom is 0.144 e. The monoisotopic (exact) mass is 1250 g/mol. The van der Waals surface area contributed by atoms with E-state index in [1.165, 1.54) is 257 Å². The second-order valence-electron chi connectivity index (χ2n) is 31.3. The number of hydrogen-bond acceptors (Lipinski definition) is 2. The molecule has 0 radical (unpaired) electrons. The van der Waals surface area contributed by atoms with Gasteiger partial charge in [-0.05, 0) is 170 Å². The third-order valence-electron chi connectivity index (χ3n) is 24.4. The maximum atomic E-state index is 7.63. The molecule has 4 aliphatic rings. The lowest BCUT2D eigenvalue weighted by Crippen LogP contribution is -2.33. The number of para-hydroxylation sites is 2. The van der Waals surface area contributed by atoms with E-state index in [2.05, 4.69) is 221 Å². The number of unbranched alkanes of at least 4 members (excludes halogenated alkanes) is 16. The molecular formula is C93H104O2. The van der Waals surface area contributed by atoms with Crippen LogP contribution in [0.2, 0.25) is 0 Å². The minimum atomic E-state index is -0.249. The first-order chi connectivity index (χ1) is 46.3. The molecule has 11 aromatic rings. The van der Waals surface area contributed by atoms with Gasteiger partial charge in [0.15, 0.2) is 0 Å². The number of fused-ring (bicyclic) bond motifs is 22. The van der Waals surface area contributed by atoms with Crippen LogP contribution in [0.1, 0.15) is 288 Å². The van der Waals surface area contributed by atoms with Crippen LogP contribution < -0.4 is 0 Å². The minimum Gasteiger partial charge on any atom is -0.456 e. The fourth-order valence-electron chi connectivity index (χ4n) is 19.8. The van der Waals surface area contributed by atoms with Gasteiger partial charge in [-0.15, -0.1) is 0 Å². The standard InChI is InChI=1S/C93H104O2/c1-11-15-19-23-33-49-92(50-34-24-20-16-12-2)72-40-30-27-37-66(72)84-85-69-39-29-32-42-79(69)95-89(85)86-67-46-44-63(57-77(67)93(88(86)87(84)92,51-35-25-21-17-13-3)52-36-26-22-18-14-4)81(64-54-60(5)53-61(6)55-64)62-43-45-65-70-58-76-71(59-75(70)91(9,10)74(65)56-62)82-73(90(76,7)8)47-48-80-83(82)68-38-28-31-41-78(68)94-80/h27-32,37-48,53-59,81H,11-26,33-36,49-52H2,1-10H3. The molecule has 0 saturated carbocycles. The summed E-state index contributed by atoms with van der Waals surface area (Å²) in [6, 6.07) is 60.6. The van der Waals surface area contributed by atoms with Crippen molar-refractivity contribution in [2.24, 2.45) is 0 Å². The highest BCUT2D eigenvalue weighted by Gasteiger charge is 2.54. The van der Waals surface area contributed by atoms with Crippen molar-refractivity contribution in [1.82, 2.24) is 0 Å². The zero-order valence-corrected chi connectivity index (χ0v) is 59.3. The average Bonchev–Trinajstić information content (AvgIpc) is 1.50. The van der Waals surface area contributed by atoms with Crippen LogP contribution >= 0.6 is 0 Å². The molecule has 1 atom stereocenters. The van der Waals surface area contributed by atoms with Crippen LogP contribution in [0.4, 0.5) is 0 Å². The smallest absolute Gasteiger partial charge is 0.144 e. The van der Waals surface area contributed by atoms with E-state index in [1.54, 1.807) is 22.3 Å². The molecule has 0 aliphatic heterocycles. The molecule has 0 amide bonds. The van der Waals surface area contributed by atoms with Crippen molar-refractivity contribution >= 4 is 43.9 Å². The summed E-state index contributed by atoms with van der Waals surface area (Å²) in [4.78, 5) is 0. The van der Waals surface area contributed by atoms with Crippen molar-refractivity contribution in [2.75, 3.05) is 0 Å². The Balaban J connectivity index is 0.955. The van der Waals surface area contributed by atoms with Crippen LogP contribution in [0.15, 0.2) is 160 Å². The predicted molar refractivity (Wildman–Crippen MR) is 405 cm³/mol. The summed E-state index contributed by atoms with van der Waals surface area (Å²) in [5.74, 6) is 0.00391. The average molecular weight is 1250 g/mol. The second kappa shape index (κ2) is 25.5. The summed E-state index contributed by atoms with van der Waals surface area (Å²) in [6.45, 7) is 24.0. The van der Waals surface area contributed by atoms with E-state index in [9.17, 15) is 0 Å². The van der Waals surface area contributed by atoms with E-state index >= 15 is 0 Å². The molecule has 0 saturated heterocycles. The van der Waals surface area contributed by atoms with Crippen LogP contribution in [-0.2, 0) is 21.7 Å². The summed E-state index contributed by atoms with van der Waals surface area (Å²) in [5, 5.41) is 5.07. The van der Waals surface area contributed by atoms with Gasteiger partial charge >= 0.3 is 0 Å². The van der Waals surface area contributed by atoms with Crippen LogP contribution in [0.5, 0.6) is 0 Å². The Bertz CT molecular complexity index is 4670. The summed E-state index contributed by atoms with van der Waals surface area (Å²) in [6.07, 6.45) is 30.2. The molecule has 1 unspecified atom stereocenters. The van der Waals surface area contributed by atoms with Crippen LogP contribution in [0, 0.1) is 13.8 Å². The molecule has 0 N–H and O–H groups in total. The molecule has 9 aromatic carbocycles. The Kier molecular flexibility index (Phi) is 17.1. The van der Waals surface area contributed by atoms with Gasteiger partial charge in [0.1, 0.15) is 22.3 Å². The summed E-state index contributed by atoms with van der Waals surface area (Å²) in [7, 11) is 0. The second-order valence-corrected chi connectivity index (χ2v) is 31.3. The van der Waals surface area contributed by atoms with Crippen molar-refractivity contribution in [3.63, 3.8) is 0 Å². The van der Waals surface area contributed by atoms with E-state index in [0.717, 1.165) is 35.2 Å². The topological polar surface area (TPSA) is 26.3 Å². The summed E-state index contributed by atoms with van der Waals surface area (Å²) in [5.41, 5.74) is 33.6. The molecule has 2 heterocycles. The van der Waals surface area contributed by atoms with Gasteiger partial charge in [-0.2, -0.15) is 0 Å². The van der Waals surface area contributed by atoms with Crippen LogP contribution in [0.25, 0.3) is 88.4 Å². The van der Waals surface area contributed by atoms with Gasteiger partial charge in [-0.3, -0.25) is 0 Å². The highest BCUT2D eigenvalue weighted by Crippen LogP contribution is 2.68. The quantitative estimate of drug-likeness (QED) is 0.0379. The molecule has 0 spiro atoms. The molecule has 2 heteroatoms. The van der Waals surface area contributed by atoms with Gasteiger partial charge < -0.3 is 8.83 Å². The molecule has 15 rings (SSSR count). The molecular weight excluding hydrogens is 1150 g/mol. The fraction of sp³-hybridized carbons (Fsp3) is 0.419. The van der Waals surface area contributed by atoms with Crippen molar-refractivity contribution in [3.05, 3.63) is 224 Å². The highest BCUT2D eigenvalue weighted by molar-refractivity contribution is 6.21. The molecule has 2 aromatic heterocycles. The Hall–Kier alpha value is -7.42. The molecule has 4 aliphatic carbocycles. The number of furan rings is 2. The van der Waals surface area contributed by atoms with Gasteiger partial charge in [0.05, 0.1) is 0 Å². The van der Waals surface area contributed by atoms with E-state index in [4.69, 9.17) is 8.83 Å². The van der Waals surface area contributed by atoms with Crippen LogP contribution in [-0.4, -0.2) is 0 Å². The third-order valence-corrected chi connectivity index (χ3v) is 24.4. The van der Waals surface area contributed by atoms with Crippen LogP contribution in [0.3, 0.4) is 0 Å². The normalized spacial score (nSPS) is 15.7. The van der Waals surface area contributed by atoms with Gasteiger partial charge in [0.2, 0.25) is 0 Å². The Morgan fingerprint density at radius 3 is 1.39 bits per heavy atom. The number of hydrogen-bond donors (Lipinski definition) is 0. The third kappa shape index (κ3) is 10.4. The van der Waals surface area contributed by atoms with E-state index < -0.39 is 0 Å². The number of rotatable bonds is 27. The van der Waals surface area contributed by atoms with E-state index in [0.29, 0.717) is 0 Å². The van der Waals surface area contributed by atoms with Gasteiger partial charge in [0.25, 0.3) is 0 Å². The molecule has 95 heavy (non-hydrogen) atoms. The molecule has 488 valence electrons.